The van der Waals surface area contributed by atoms with Crippen LogP contribution in [0.1, 0.15) is 48.2 Å². The predicted molar refractivity (Wildman–Crippen MR) is 142 cm³/mol. The molecule has 2 amide bonds. The highest BCUT2D eigenvalue weighted by Gasteiger charge is 2.38. The number of rotatable bonds is 6. The first-order chi connectivity index (χ1) is 18.4. The second-order valence-electron chi connectivity index (χ2n) is 10.0. The molecule has 1 fully saturated rings. The highest BCUT2D eigenvalue weighted by molar-refractivity contribution is 6.06. The van der Waals surface area contributed by atoms with Crippen molar-refractivity contribution in [2.24, 2.45) is 0 Å². The largest absolute Gasteiger partial charge is 0.329 e. The van der Waals surface area contributed by atoms with Crippen LogP contribution in [0.25, 0.3) is 22.2 Å². The van der Waals surface area contributed by atoms with Gasteiger partial charge in [-0.2, -0.15) is 5.10 Å². The minimum Gasteiger partial charge on any atom is -0.329 e. The van der Waals surface area contributed by atoms with Crippen LogP contribution in [0.3, 0.4) is 0 Å². The fourth-order valence-corrected chi connectivity index (χ4v) is 5.37. The number of pyridine rings is 1. The maximum Gasteiger partial charge on any atom is 0.248 e. The first-order valence-electron chi connectivity index (χ1n) is 13.0. The third-order valence-corrected chi connectivity index (χ3v) is 7.42. The van der Waals surface area contributed by atoms with E-state index in [4.69, 9.17) is 0 Å². The molecule has 10 heteroatoms. The monoisotopic (exact) mass is 511 g/mol. The van der Waals surface area contributed by atoms with Crippen molar-refractivity contribution >= 4 is 34.3 Å². The maximum atomic E-state index is 13.2. The number of Topliss-reactive ketones (excluding diaryl/α,β-unsaturated/α-hetero) is 1. The summed E-state index contributed by atoms with van der Waals surface area (Å²) < 4.78 is 3.81. The fraction of sp³-hybridized carbons (Fsp3) is 0.357. The van der Waals surface area contributed by atoms with Crippen LogP contribution < -0.4 is 5.32 Å². The number of anilines is 1. The lowest BCUT2D eigenvalue weighted by atomic mass is 10.0. The molecule has 1 unspecified atom stereocenters. The van der Waals surface area contributed by atoms with Crippen molar-refractivity contribution in [3.8, 4) is 11.3 Å². The first-order valence-corrected chi connectivity index (χ1v) is 13.0. The Hall–Kier alpha value is -4.34. The summed E-state index contributed by atoms with van der Waals surface area (Å²) in [6, 6.07) is 10.7. The molecule has 0 bridgehead atoms. The number of carbonyl (C=O) groups excluding carboxylic acids is 3. The molecule has 38 heavy (non-hydrogen) atoms. The van der Waals surface area contributed by atoms with Gasteiger partial charge in [0, 0.05) is 43.1 Å². The van der Waals surface area contributed by atoms with Crippen molar-refractivity contribution in [3.05, 3.63) is 59.8 Å². The molecule has 194 valence electrons. The minimum atomic E-state index is -0.557. The van der Waals surface area contributed by atoms with E-state index < -0.39 is 6.04 Å². The number of hydrogen-bond donors (Lipinski definition) is 1. The lowest BCUT2D eigenvalue weighted by molar-refractivity contribution is -0.145. The predicted octanol–water partition coefficient (Wildman–Crippen LogP) is 3.38. The molecule has 2 aliphatic rings. The van der Waals surface area contributed by atoms with Crippen molar-refractivity contribution in [2.45, 2.75) is 58.7 Å². The summed E-state index contributed by atoms with van der Waals surface area (Å²) in [6.07, 6.45) is 5.71. The third-order valence-electron chi connectivity index (χ3n) is 7.42. The van der Waals surface area contributed by atoms with E-state index in [1.807, 2.05) is 43.5 Å². The van der Waals surface area contributed by atoms with Crippen LogP contribution in [0, 0.1) is 6.92 Å². The van der Waals surface area contributed by atoms with Crippen molar-refractivity contribution in [1.82, 2.24) is 29.2 Å². The zero-order valence-corrected chi connectivity index (χ0v) is 21.5. The number of likely N-dealkylation sites (tertiary alicyclic amines) is 1. The average molecular weight is 512 g/mol. The van der Waals surface area contributed by atoms with E-state index >= 15 is 0 Å². The van der Waals surface area contributed by atoms with Crippen molar-refractivity contribution in [3.63, 3.8) is 0 Å². The number of ketones is 1. The highest BCUT2D eigenvalue weighted by atomic mass is 16.2. The zero-order valence-electron chi connectivity index (χ0n) is 21.5. The number of fused-ring (bicyclic) bond motifs is 2. The molecule has 0 radical (unpaired) electrons. The van der Waals surface area contributed by atoms with Crippen LogP contribution in [0.4, 0.5) is 5.82 Å². The second-order valence-corrected chi connectivity index (χ2v) is 10.0. The summed E-state index contributed by atoms with van der Waals surface area (Å²) in [6.45, 7) is 4.70. The summed E-state index contributed by atoms with van der Waals surface area (Å²) in [4.78, 5) is 49.0. The van der Waals surface area contributed by atoms with Crippen LogP contribution in [-0.2, 0) is 29.1 Å². The van der Waals surface area contributed by atoms with E-state index in [0.29, 0.717) is 35.4 Å². The van der Waals surface area contributed by atoms with Gasteiger partial charge >= 0.3 is 0 Å². The van der Waals surface area contributed by atoms with Gasteiger partial charge in [0.1, 0.15) is 29.9 Å². The van der Waals surface area contributed by atoms with E-state index in [0.717, 1.165) is 48.6 Å². The molecule has 1 saturated heterocycles. The molecule has 10 nitrogen and oxygen atoms in total. The van der Waals surface area contributed by atoms with Gasteiger partial charge in [-0.15, -0.1) is 0 Å². The van der Waals surface area contributed by atoms with Crippen molar-refractivity contribution in [2.75, 3.05) is 11.9 Å². The van der Waals surface area contributed by atoms with Crippen LogP contribution in [0.5, 0.6) is 0 Å². The Labute approximate surface area is 219 Å². The van der Waals surface area contributed by atoms with Crippen LogP contribution in [-0.4, -0.2) is 59.4 Å². The molecule has 1 atom stereocenters. The minimum absolute atomic E-state index is 0.0579. The topological polar surface area (TPSA) is 115 Å². The van der Waals surface area contributed by atoms with E-state index in [-0.39, 0.29) is 24.1 Å². The Balaban J connectivity index is 1.24. The summed E-state index contributed by atoms with van der Waals surface area (Å²) in [5, 5.41) is 8.02. The highest BCUT2D eigenvalue weighted by Crippen LogP contribution is 2.30. The second kappa shape index (κ2) is 9.51. The quantitative estimate of drug-likeness (QED) is 0.397. The first kappa shape index (κ1) is 24.0. The normalized spacial score (nSPS) is 16.7. The zero-order chi connectivity index (χ0) is 26.4. The summed E-state index contributed by atoms with van der Waals surface area (Å²) >= 11 is 0. The maximum absolute atomic E-state index is 13.2. The van der Waals surface area contributed by atoms with E-state index in [9.17, 15) is 14.4 Å². The van der Waals surface area contributed by atoms with Gasteiger partial charge in [-0.25, -0.2) is 9.97 Å². The van der Waals surface area contributed by atoms with Gasteiger partial charge in [0.25, 0.3) is 0 Å². The van der Waals surface area contributed by atoms with Crippen LogP contribution in [0.2, 0.25) is 0 Å². The number of imidazole rings is 1. The Morgan fingerprint density at radius 3 is 2.74 bits per heavy atom. The number of hydrogen-bond acceptors (Lipinski definition) is 6. The van der Waals surface area contributed by atoms with E-state index in [1.54, 1.807) is 15.6 Å². The fourth-order valence-electron chi connectivity index (χ4n) is 5.37. The molecule has 0 saturated carbocycles. The number of aromatic nitrogens is 5. The summed E-state index contributed by atoms with van der Waals surface area (Å²) in [5.41, 5.74) is 3.83. The number of carbonyl (C=O) groups is 3. The van der Waals surface area contributed by atoms with Gasteiger partial charge in [0.05, 0.1) is 17.4 Å². The van der Waals surface area contributed by atoms with E-state index in [1.165, 1.54) is 6.92 Å². The lowest BCUT2D eigenvalue weighted by Gasteiger charge is -2.39. The van der Waals surface area contributed by atoms with Gasteiger partial charge in [0.15, 0.2) is 5.78 Å². The third kappa shape index (κ3) is 4.25. The number of aryl methyl sites for hydroxylation is 2. The Morgan fingerprint density at radius 2 is 1.97 bits per heavy atom. The van der Waals surface area contributed by atoms with Crippen molar-refractivity contribution < 1.29 is 14.4 Å². The lowest BCUT2D eigenvalue weighted by Crippen LogP contribution is -2.57. The number of amides is 2. The Bertz CT molecular complexity index is 1580. The number of nitrogens with one attached hydrogen (secondary N) is 1. The summed E-state index contributed by atoms with van der Waals surface area (Å²) in [7, 11) is 0. The van der Waals surface area contributed by atoms with Gasteiger partial charge < -0.3 is 14.8 Å². The van der Waals surface area contributed by atoms with E-state index in [2.05, 4.69) is 25.0 Å². The molecule has 1 N–H and O–H groups in total. The van der Waals surface area contributed by atoms with Crippen LogP contribution >= 0.6 is 0 Å². The standard InChI is InChI=1S/C28H29N7O3/c1-17-6-5-7-24(30-17)31-28(38)22-11-13-34(22)26(37)16-35-21-10-9-19(14-20(21)27(32-35)18(2)36)23-15-29-25-8-3-4-12-33(23)25/h5-7,9-10,14-15,22H,3-4,8,11-13,16H2,1-2H3,(H,30,31,38). The molecule has 3 aromatic heterocycles. The van der Waals surface area contributed by atoms with Gasteiger partial charge in [-0.3, -0.25) is 19.1 Å². The molecule has 5 heterocycles. The van der Waals surface area contributed by atoms with Gasteiger partial charge in [0.2, 0.25) is 11.8 Å². The smallest absolute Gasteiger partial charge is 0.248 e. The van der Waals surface area contributed by atoms with Gasteiger partial charge in [-0.1, -0.05) is 12.1 Å². The molecule has 0 spiro atoms. The van der Waals surface area contributed by atoms with Crippen LogP contribution in [0.15, 0.2) is 42.6 Å². The molecule has 6 rings (SSSR count). The molecule has 1 aromatic carbocycles. The SMILES string of the molecule is CC(=O)c1nn(CC(=O)N2CCC2C(=O)Nc2cccc(C)n2)c2ccc(-c3cnc4n3CCCC4)cc12. The molecule has 0 aliphatic carbocycles. The number of benzene rings is 1. The summed E-state index contributed by atoms with van der Waals surface area (Å²) in [5.74, 6) is 0.910. The Kier molecular flexibility index (Phi) is 6.01. The molecule has 4 aromatic rings. The molecular weight excluding hydrogens is 482 g/mol. The molecule has 2 aliphatic heterocycles. The molecular formula is C28H29N7O3. The van der Waals surface area contributed by atoms with Gasteiger partial charge in [-0.05, 0) is 50.5 Å². The Morgan fingerprint density at radius 1 is 1.11 bits per heavy atom. The number of nitrogens with zero attached hydrogens (tertiary/aromatic N) is 6. The van der Waals surface area contributed by atoms with Crippen molar-refractivity contribution in [1.29, 1.82) is 0 Å². The average Bonchev–Trinajstić information content (AvgIpc) is 3.45.